The smallest absolute Gasteiger partial charge is 0.255 e. The Morgan fingerprint density at radius 3 is 2.50 bits per heavy atom. The zero-order valence-corrected chi connectivity index (χ0v) is 14.6. The zero-order valence-electron chi connectivity index (χ0n) is 14.6. The van der Waals surface area contributed by atoms with Crippen LogP contribution in [0.25, 0.3) is 0 Å². The standard InChI is InChI=1S/C18H25NO5/c1-10-9-13(20)15(22-3)16(23-4)14(10)17(21)19-12-5-6-18(7-8-18)24-11(12)2/h9,11-12,20H,5-8H2,1-4H3,(H,19,21)/t11-,12+/m1/s1. The number of ether oxygens (including phenoxy) is 3. The Hall–Kier alpha value is -1.95. The van der Waals surface area contributed by atoms with Crippen LogP contribution in [-0.4, -0.2) is 43.0 Å². The number of hydrogen-bond acceptors (Lipinski definition) is 5. The minimum Gasteiger partial charge on any atom is -0.504 e. The van der Waals surface area contributed by atoms with Gasteiger partial charge in [0, 0.05) is 0 Å². The van der Waals surface area contributed by atoms with Gasteiger partial charge in [0.2, 0.25) is 5.75 Å². The van der Waals surface area contributed by atoms with Gasteiger partial charge in [0.05, 0.1) is 37.5 Å². The lowest BCUT2D eigenvalue weighted by Crippen LogP contribution is -2.48. The van der Waals surface area contributed by atoms with Crippen molar-refractivity contribution in [2.75, 3.05) is 14.2 Å². The van der Waals surface area contributed by atoms with Crippen molar-refractivity contribution in [3.63, 3.8) is 0 Å². The third-order valence-electron chi connectivity index (χ3n) is 5.09. The molecule has 6 nitrogen and oxygen atoms in total. The summed E-state index contributed by atoms with van der Waals surface area (Å²) in [7, 11) is 2.89. The van der Waals surface area contributed by atoms with E-state index < -0.39 is 0 Å². The molecule has 0 unspecified atom stereocenters. The van der Waals surface area contributed by atoms with Crippen LogP contribution in [0.5, 0.6) is 17.2 Å². The van der Waals surface area contributed by atoms with Gasteiger partial charge >= 0.3 is 0 Å². The van der Waals surface area contributed by atoms with Gasteiger partial charge in [-0.15, -0.1) is 0 Å². The number of methoxy groups -OCH3 is 2. The summed E-state index contributed by atoms with van der Waals surface area (Å²) in [6.45, 7) is 3.77. The zero-order chi connectivity index (χ0) is 17.5. The molecular weight excluding hydrogens is 310 g/mol. The lowest BCUT2D eigenvalue weighted by atomic mass is 9.97. The molecule has 1 aliphatic carbocycles. The van der Waals surface area contributed by atoms with Gasteiger partial charge in [-0.05, 0) is 51.2 Å². The molecule has 1 aromatic rings. The Morgan fingerprint density at radius 1 is 1.29 bits per heavy atom. The fraction of sp³-hybridized carbons (Fsp3) is 0.611. The molecule has 132 valence electrons. The Bertz CT molecular complexity index is 653. The van der Waals surface area contributed by atoms with E-state index in [1.807, 2.05) is 6.92 Å². The molecule has 1 amide bonds. The second-order valence-corrected chi connectivity index (χ2v) is 6.78. The molecule has 1 aromatic carbocycles. The molecule has 1 saturated carbocycles. The van der Waals surface area contributed by atoms with Crippen molar-refractivity contribution in [2.24, 2.45) is 0 Å². The number of carbonyl (C=O) groups excluding carboxylic acids is 1. The first-order valence-corrected chi connectivity index (χ1v) is 8.34. The molecule has 0 radical (unpaired) electrons. The Balaban J connectivity index is 1.82. The van der Waals surface area contributed by atoms with Gasteiger partial charge in [0.25, 0.3) is 5.91 Å². The molecule has 6 heteroatoms. The lowest BCUT2D eigenvalue weighted by Gasteiger charge is -2.35. The molecule has 1 heterocycles. The van der Waals surface area contributed by atoms with Gasteiger partial charge in [-0.3, -0.25) is 4.79 Å². The maximum absolute atomic E-state index is 12.8. The number of nitrogens with one attached hydrogen (secondary N) is 1. The number of aryl methyl sites for hydroxylation is 1. The van der Waals surface area contributed by atoms with Crippen LogP contribution in [0.4, 0.5) is 0 Å². The molecule has 1 spiro atoms. The van der Waals surface area contributed by atoms with Crippen molar-refractivity contribution < 1.29 is 24.1 Å². The second-order valence-electron chi connectivity index (χ2n) is 6.78. The molecular formula is C18H25NO5. The molecule has 3 rings (SSSR count). The van der Waals surface area contributed by atoms with Crippen LogP contribution in [-0.2, 0) is 4.74 Å². The Kier molecular flexibility index (Phi) is 4.34. The highest BCUT2D eigenvalue weighted by Crippen LogP contribution is 2.48. The van der Waals surface area contributed by atoms with Crippen molar-refractivity contribution in [3.8, 4) is 17.2 Å². The lowest BCUT2D eigenvalue weighted by molar-refractivity contribution is -0.0738. The molecule has 2 atom stereocenters. The summed E-state index contributed by atoms with van der Waals surface area (Å²) in [5.74, 6) is 0.122. The first kappa shape index (κ1) is 16.9. The third-order valence-corrected chi connectivity index (χ3v) is 5.09. The van der Waals surface area contributed by atoms with Crippen molar-refractivity contribution >= 4 is 5.91 Å². The van der Waals surface area contributed by atoms with Crippen LogP contribution in [0.15, 0.2) is 6.07 Å². The molecule has 0 bridgehead atoms. The van der Waals surface area contributed by atoms with E-state index in [9.17, 15) is 9.90 Å². The number of hydrogen-bond donors (Lipinski definition) is 2. The minimum atomic E-state index is -0.241. The van der Waals surface area contributed by atoms with Crippen LogP contribution in [0, 0.1) is 6.92 Å². The molecule has 2 N–H and O–H groups in total. The molecule has 1 saturated heterocycles. The van der Waals surface area contributed by atoms with E-state index in [0.717, 1.165) is 25.7 Å². The second kappa shape index (κ2) is 6.16. The minimum absolute atomic E-state index is 0.0180. The summed E-state index contributed by atoms with van der Waals surface area (Å²) in [5.41, 5.74) is 1.09. The number of phenolic OH excluding ortho intramolecular Hbond substituents is 1. The Morgan fingerprint density at radius 2 is 1.96 bits per heavy atom. The number of aromatic hydroxyl groups is 1. The van der Waals surface area contributed by atoms with Gasteiger partial charge in [-0.2, -0.15) is 0 Å². The van der Waals surface area contributed by atoms with E-state index >= 15 is 0 Å². The molecule has 0 aromatic heterocycles. The first-order chi connectivity index (χ1) is 11.4. The summed E-state index contributed by atoms with van der Waals surface area (Å²) < 4.78 is 16.6. The van der Waals surface area contributed by atoms with E-state index in [2.05, 4.69) is 5.32 Å². The third kappa shape index (κ3) is 2.90. The monoisotopic (exact) mass is 335 g/mol. The molecule has 2 fully saturated rings. The van der Waals surface area contributed by atoms with E-state index in [1.165, 1.54) is 20.3 Å². The fourth-order valence-electron chi connectivity index (χ4n) is 3.55. The molecule has 24 heavy (non-hydrogen) atoms. The maximum atomic E-state index is 12.8. The Labute approximate surface area is 142 Å². The van der Waals surface area contributed by atoms with Gasteiger partial charge < -0.3 is 24.6 Å². The van der Waals surface area contributed by atoms with E-state index in [-0.39, 0.29) is 40.9 Å². The number of amides is 1. The predicted molar refractivity (Wildman–Crippen MR) is 88.9 cm³/mol. The van der Waals surface area contributed by atoms with Crippen LogP contribution in [0.3, 0.4) is 0 Å². The van der Waals surface area contributed by atoms with Gasteiger partial charge in [-0.1, -0.05) is 0 Å². The van der Waals surface area contributed by atoms with Gasteiger partial charge in [-0.25, -0.2) is 0 Å². The summed E-state index contributed by atoms with van der Waals surface area (Å²) >= 11 is 0. The number of benzene rings is 1. The van der Waals surface area contributed by atoms with Gasteiger partial charge in [0.15, 0.2) is 11.5 Å². The van der Waals surface area contributed by atoms with E-state index in [1.54, 1.807) is 6.92 Å². The summed E-state index contributed by atoms with van der Waals surface area (Å²) in [4.78, 5) is 12.8. The van der Waals surface area contributed by atoms with Crippen molar-refractivity contribution in [1.82, 2.24) is 5.32 Å². The fourth-order valence-corrected chi connectivity index (χ4v) is 3.55. The van der Waals surface area contributed by atoms with Crippen LogP contribution in [0.2, 0.25) is 0 Å². The maximum Gasteiger partial charge on any atom is 0.255 e. The topological polar surface area (TPSA) is 77.0 Å². The number of rotatable bonds is 4. The average Bonchev–Trinajstić information content (AvgIpc) is 3.28. The molecule has 1 aliphatic heterocycles. The highest BCUT2D eigenvalue weighted by Gasteiger charge is 2.49. The normalized spacial score (nSPS) is 24.5. The largest absolute Gasteiger partial charge is 0.504 e. The van der Waals surface area contributed by atoms with E-state index in [4.69, 9.17) is 14.2 Å². The predicted octanol–water partition coefficient (Wildman–Crippen LogP) is 2.55. The molecule has 2 aliphatic rings. The van der Waals surface area contributed by atoms with Crippen molar-refractivity contribution in [3.05, 3.63) is 17.2 Å². The van der Waals surface area contributed by atoms with Gasteiger partial charge in [0.1, 0.15) is 0 Å². The number of phenols is 1. The van der Waals surface area contributed by atoms with Crippen LogP contribution in [0.1, 0.15) is 48.5 Å². The summed E-state index contributed by atoms with van der Waals surface area (Å²) in [6.07, 6.45) is 4.12. The highest BCUT2D eigenvalue weighted by atomic mass is 16.5. The number of carbonyl (C=O) groups is 1. The average molecular weight is 335 g/mol. The van der Waals surface area contributed by atoms with Crippen LogP contribution >= 0.6 is 0 Å². The SMILES string of the molecule is COc1c(O)cc(C)c(C(=O)N[C@H]2CCC3(CC3)O[C@@H]2C)c1OC. The quantitative estimate of drug-likeness (QED) is 0.884. The first-order valence-electron chi connectivity index (χ1n) is 8.34. The highest BCUT2D eigenvalue weighted by molar-refractivity contribution is 6.00. The van der Waals surface area contributed by atoms with Crippen molar-refractivity contribution in [2.45, 2.75) is 57.3 Å². The van der Waals surface area contributed by atoms with Crippen molar-refractivity contribution in [1.29, 1.82) is 0 Å². The summed E-state index contributed by atoms with van der Waals surface area (Å²) in [6, 6.07) is 1.48. The van der Waals surface area contributed by atoms with E-state index in [0.29, 0.717) is 11.1 Å². The van der Waals surface area contributed by atoms with Crippen LogP contribution < -0.4 is 14.8 Å². The summed E-state index contributed by atoms with van der Waals surface area (Å²) in [5, 5.41) is 13.0.